The molecule has 0 aromatic carbocycles. The summed E-state index contributed by atoms with van der Waals surface area (Å²) < 4.78 is 0. The highest BCUT2D eigenvalue weighted by Crippen LogP contribution is 2.30. The molecule has 3 rings (SSSR count). The maximum Gasteiger partial charge on any atom is 0.225 e. The van der Waals surface area contributed by atoms with Gasteiger partial charge in [0, 0.05) is 29.8 Å². The lowest BCUT2D eigenvalue weighted by Gasteiger charge is -2.36. The van der Waals surface area contributed by atoms with Crippen molar-refractivity contribution in [1.82, 2.24) is 15.2 Å². The Morgan fingerprint density at radius 2 is 1.88 bits per heavy atom. The second-order valence-corrected chi connectivity index (χ2v) is 8.63. The van der Waals surface area contributed by atoms with Gasteiger partial charge in [-0.2, -0.15) is 0 Å². The maximum absolute atomic E-state index is 12.7. The predicted octanol–water partition coefficient (Wildman–Crippen LogP) is 3.37. The van der Waals surface area contributed by atoms with Gasteiger partial charge in [0.15, 0.2) is 0 Å². The van der Waals surface area contributed by atoms with Crippen molar-refractivity contribution in [3.05, 3.63) is 15.6 Å². The van der Waals surface area contributed by atoms with Gasteiger partial charge in [-0.1, -0.05) is 13.3 Å². The van der Waals surface area contributed by atoms with E-state index in [0.717, 1.165) is 55.9 Å². The number of aromatic nitrogens is 1. The summed E-state index contributed by atoms with van der Waals surface area (Å²) in [6, 6.07) is -0.000428. The van der Waals surface area contributed by atoms with Gasteiger partial charge in [0.1, 0.15) is 5.01 Å². The Kier molecular flexibility index (Phi) is 5.77. The summed E-state index contributed by atoms with van der Waals surface area (Å²) in [4.78, 5) is 32.8. The molecule has 5 nitrogen and oxygen atoms in total. The second-order valence-electron chi connectivity index (χ2n) is 7.39. The van der Waals surface area contributed by atoms with E-state index in [1.54, 1.807) is 11.3 Å². The Morgan fingerprint density at radius 3 is 2.36 bits per heavy atom. The number of nitrogens with one attached hydrogen (secondary N) is 1. The van der Waals surface area contributed by atoms with E-state index >= 15 is 0 Å². The number of hydrogen-bond acceptors (Lipinski definition) is 4. The zero-order valence-electron chi connectivity index (χ0n) is 15.5. The van der Waals surface area contributed by atoms with Crippen LogP contribution in [0.3, 0.4) is 0 Å². The lowest BCUT2D eigenvalue weighted by molar-refractivity contribution is -0.141. The van der Waals surface area contributed by atoms with Crippen LogP contribution in [-0.2, 0) is 9.59 Å². The minimum Gasteiger partial charge on any atom is -0.347 e. The highest BCUT2D eigenvalue weighted by atomic mass is 32.1. The Morgan fingerprint density at radius 1 is 1.20 bits per heavy atom. The molecule has 1 saturated carbocycles. The molecular formula is C19H29N3O2S. The van der Waals surface area contributed by atoms with Gasteiger partial charge in [0.2, 0.25) is 11.8 Å². The number of carbonyl (C=O) groups excluding carboxylic acids is 2. The zero-order chi connectivity index (χ0) is 18.0. The van der Waals surface area contributed by atoms with Crippen LogP contribution < -0.4 is 5.32 Å². The lowest BCUT2D eigenvalue weighted by atomic mass is 9.83. The maximum atomic E-state index is 12.7. The normalized spacial score (nSPS) is 20.2. The molecule has 0 bridgehead atoms. The molecule has 1 aliphatic carbocycles. The first-order chi connectivity index (χ1) is 12.0. The van der Waals surface area contributed by atoms with Crippen LogP contribution in [0.25, 0.3) is 0 Å². The summed E-state index contributed by atoms with van der Waals surface area (Å²) in [7, 11) is 0. The molecule has 138 valence electrons. The summed E-state index contributed by atoms with van der Waals surface area (Å²) in [5.41, 5.74) is 1.05. The Balaban J connectivity index is 1.52. The molecule has 1 N–H and O–H groups in total. The molecule has 25 heavy (non-hydrogen) atoms. The lowest BCUT2D eigenvalue weighted by Crippen LogP contribution is -2.46. The molecule has 2 amide bonds. The molecule has 0 radical (unpaired) electrons. The third kappa shape index (κ3) is 4.05. The Bertz CT molecular complexity index is 611. The van der Waals surface area contributed by atoms with Gasteiger partial charge < -0.3 is 10.2 Å². The van der Waals surface area contributed by atoms with Crippen LogP contribution in [0.1, 0.15) is 67.1 Å². The number of likely N-dealkylation sites (tertiary alicyclic amines) is 1. The average molecular weight is 364 g/mol. The van der Waals surface area contributed by atoms with Gasteiger partial charge in [-0.3, -0.25) is 9.59 Å². The average Bonchev–Trinajstić information content (AvgIpc) is 2.89. The monoisotopic (exact) mass is 363 g/mol. The summed E-state index contributed by atoms with van der Waals surface area (Å²) in [6.07, 6.45) is 5.67. The molecule has 1 unspecified atom stereocenters. The van der Waals surface area contributed by atoms with Crippen LogP contribution >= 0.6 is 11.3 Å². The van der Waals surface area contributed by atoms with Gasteiger partial charge in [-0.25, -0.2) is 4.98 Å². The molecule has 6 heteroatoms. The minimum absolute atomic E-state index is 0.000428. The highest BCUT2D eigenvalue weighted by molar-refractivity contribution is 7.11. The first-order valence-electron chi connectivity index (χ1n) is 9.52. The van der Waals surface area contributed by atoms with Crippen molar-refractivity contribution in [1.29, 1.82) is 0 Å². The van der Waals surface area contributed by atoms with Crippen LogP contribution in [0.4, 0.5) is 0 Å². The summed E-state index contributed by atoms with van der Waals surface area (Å²) >= 11 is 1.67. The van der Waals surface area contributed by atoms with Gasteiger partial charge >= 0.3 is 0 Å². The molecule has 1 aliphatic heterocycles. The summed E-state index contributed by atoms with van der Waals surface area (Å²) in [5, 5.41) is 4.19. The quantitative estimate of drug-likeness (QED) is 0.872. The molecule has 0 spiro atoms. The predicted molar refractivity (Wildman–Crippen MR) is 99.4 cm³/mol. The SMILES string of the molecule is CCC(NC(=O)C1CCN(C(=O)C2CCC2)CC1)c1nc(C)c(C)s1. The molecule has 1 aromatic heterocycles. The standard InChI is InChI=1S/C19H29N3O2S/c1-4-16(18-20-12(2)13(3)25-18)21-17(23)14-8-10-22(11-9-14)19(24)15-6-5-7-15/h14-16H,4-11H2,1-3H3,(H,21,23). The van der Waals surface area contributed by atoms with Crippen molar-refractivity contribution >= 4 is 23.2 Å². The molecule has 2 heterocycles. The van der Waals surface area contributed by atoms with E-state index in [1.807, 2.05) is 11.8 Å². The number of carbonyl (C=O) groups is 2. The van der Waals surface area contributed by atoms with Crippen molar-refractivity contribution in [3.8, 4) is 0 Å². The zero-order valence-corrected chi connectivity index (χ0v) is 16.3. The fourth-order valence-corrected chi connectivity index (χ4v) is 4.61. The van der Waals surface area contributed by atoms with E-state index in [2.05, 4.69) is 24.1 Å². The van der Waals surface area contributed by atoms with E-state index in [0.29, 0.717) is 5.91 Å². The first-order valence-corrected chi connectivity index (χ1v) is 10.3. The number of nitrogens with zero attached hydrogens (tertiary/aromatic N) is 2. The molecule has 1 atom stereocenters. The fraction of sp³-hybridized carbons (Fsp3) is 0.737. The van der Waals surface area contributed by atoms with E-state index in [1.165, 1.54) is 11.3 Å². The Labute approximate surface area is 154 Å². The Hall–Kier alpha value is -1.43. The topological polar surface area (TPSA) is 62.3 Å². The number of piperidine rings is 1. The van der Waals surface area contributed by atoms with Crippen LogP contribution in [-0.4, -0.2) is 34.8 Å². The molecule has 1 aromatic rings. The van der Waals surface area contributed by atoms with E-state index in [9.17, 15) is 9.59 Å². The van der Waals surface area contributed by atoms with Crippen molar-refractivity contribution < 1.29 is 9.59 Å². The molecule has 2 aliphatic rings. The number of aryl methyl sites for hydroxylation is 2. The van der Waals surface area contributed by atoms with Crippen molar-refractivity contribution in [2.24, 2.45) is 11.8 Å². The van der Waals surface area contributed by atoms with Gasteiger partial charge in [-0.05, 0) is 46.0 Å². The van der Waals surface area contributed by atoms with Crippen LogP contribution in [0.2, 0.25) is 0 Å². The van der Waals surface area contributed by atoms with E-state index in [-0.39, 0.29) is 23.8 Å². The number of hydrogen-bond donors (Lipinski definition) is 1. The minimum atomic E-state index is -0.000428. The number of rotatable bonds is 5. The third-order valence-electron chi connectivity index (χ3n) is 5.70. The molecular weight excluding hydrogens is 334 g/mol. The van der Waals surface area contributed by atoms with Crippen LogP contribution in [0.5, 0.6) is 0 Å². The van der Waals surface area contributed by atoms with E-state index in [4.69, 9.17) is 0 Å². The fourth-order valence-electron chi connectivity index (χ4n) is 3.55. The van der Waals surface area contributed by atoms with Crippen LogP contribution in [0, 0.1) is 25.7 Å². The van der Waals surface area contributed by atoms with Crippen LogP contribution in [0.15, 0.2) is 0 Å². The smallest absolute Gasteiger partial charge is 0.225 e. The highest BCUT2D eigenvalue weighted by Gasteiger charge is 2.33. The first kappa shape index (κ1) is 18.4. The summed E-state index contributed by atoms with van der Waals surface area (Å²) in [5.74, 6) is 0.700. The molecule has 1 saturated heterocycles. The molecule has 2 fully saturated rings. The summed E-state index contributed by atoms with van der Waals surface area (Å²) in [6.45, 7) is 7.61. The van der Waals surface area contributed by atoms with Crippen molar-refractivity contribution in [3.63, 3.8) is 0 Å². The van der Waals surface area contributed by atoms with Gasteiger partial charge in [-0.15, -0.1) is 11.3 Å². The number of thiazole rings is 1. The van der Waals surface area contributed by atoms with Gasteiger partial charge in [0.25, 0.3) is 0 Å². The van der Waals surface area contributed by atoms with Crippen molar-refractivity contribution in [2.75, 3.05) is 13.1 Å². The third-order valence-corrected chi connectivity index (χ3v) is 6.89. The largest absolute Gasteiger partial charge is 0.347 e. The second kappa shape index (κ2) is 7.85. The number of amides is 2. The van der Waals surface area contributed by atoms with E-state index < -0.39 is 0 Å². The van der Waals surface area contributed by atoms with Crippen molar-refractivity contribution in [2.45, 2.75) is 65.3 Å². The van der Waals surface area contributed by atoms with Gasteiger partial charge in [0.05, 0.1) is 11.7 Å².